The predicted octanol–water partition coefficient (Wildman–Crippen LogP) is 6.06. The summed E-state index contributed by atoms with van der Waals surface area (Å²) in [5, 5.41) is 24.5. The van der Waals surface area contributed by atoms with Gasteiger partial charge in [-0.3, -0.25) is 9.36 Å². The fourth-order valence-corrected chi connectivity index (χ4v) is 4.84. The quantitative estimate of drug-likeness (QED) is 0.132. The highest BCUT2D eigenvalue weighted by molar-refractivity contribution is 7.99. The topological polar surface area (TPSA) is 102 Å². The van der Waals surface area contributed by atoms with Crippen LogP contribution in [0.15, 0.2) is 95.2 Å². The Morgan fingerprint density at radius 3 is 2.59 bits per heavy atom. The first-order valence-electron chi connectivity index (χ1n) is 12.2. The van der Waals surface area contributed by atoms with E-state index in [0.29, 0.717) is 22.7 Å². The van der Waals surface area contributed by atoms with Gasteiger partial charge in [-0.05, 0) is 59.3 Å². The van der Waals surface area contributed by atoms with Crippen LogP contribution in [0.3, 0.4) is 0 Å². The number of thioether (sulfide) groups is 1. The highest BCUT2D eigenvalue weighted by Crippen LogP contribution is 2.34. The molecule has 0 fully saturated rings. The van der Waals surface area contributed by atoms with Crippen molar-refractivity contribution in [3.63, 3.8) is 0 Å². The maximum atomic E-state index is 13.5. The van der Waals surface area contributed by atoms with Gasteiger partial charge in [0.2, 0.25) is 0 Å². The second-order valence-corrected chi connectivity index (χ2v) is 9.66. The Balaban J connectivity index is 1.38. The number of amides is 1. The van der Waals surface area contributed by atoms with Gasteiger partial charge >= 0.3 is 6.18 Å². The van der Waals surface area contributed by atoms with Crippen LogP contribution in [0.25, 0.3) is 27.8 Å². The zero-order valence-corrected chi connectivity index (χ0v) is 22.3. The van der Waals surface area contributed by atoms with E-state index in [9.17, 15) is 23.1 Å². The molecule has 0 aliphatic rings. The van der Waals surface area contributed by atoms with Crippen molar-refractivity contribution < 1.29 is 27.8 Å². The smallest absolute Gasteiger partial charge is 0.416 e. The van der Waals surface area contributed by atoms with Gasteiger partial charge in [-0.2, -0.15) is 18.3 Å². The van der Waals surface area contributed by atoms with Crippen molar-refractivity contribution >= 4 is 34.7 Å². The number of methoxy groups -OCH3 is 1. The monoisotopic (exact) mass is 577 g/mol. The van der Waals surface area contributed by atoms with Gasteiger partial charge in [0.15, 0.2) is 11.0 Å². The summed E-state index contributed by atoms with van der Waals surface area (Å²) in [5.41, 5.74) is 2.80. The van der Waals surface area contributed by atoms with E-state index in [1.165, 1.54) is 30.0 Å². The summed E-state index contributed by atoms with van der Waals surface area (Å²) in [6.07, 6.45) is -3.19. The molecule has 0 radical (unpaired) electrons. The second kappa shape index (κ2) is 11.7. The number of halogens is 3. The number of hydrogen-bond donors (Lipinski definition) is 2. The molecule has 5 aromatic rings. The van der Waals surface area contributed by atoms with Gasteiger partial charge in [-0.1, -0.05) is 48.2 Å². The van der Waals surface area contributed by atoms with Crippen molar-refractivity contribution in [2.24, 2.45) is 5.10 Å². The third kappa shape index (κ3) is 6.17. The summed E-state index contributed by atoms with van der Waals surface area (Å²) in [7, 11) is 1.52. The van der Waals surface area contributed by atoms with Crippen molar-refractivity contribution in [1.82, 2.24) is 20.2 Å². The minimum Gasteiger partial charge on any atom is -0.507 e. The molecule has 41 heavy (non-hydrogen) atoms. The molecule has 1 heterocycles. The number of ether oxygens (including phenoxy) is 1. The van der Waals surface area contributed by atoms with Crippen molar-refractivity contribution in [2.45, 2.75) is 11.3 Å². The number of aromatic hydroxyl groups is 1. The molecule has 4 aromatic carbocycles. The molecule has 208 valence electrons. The maximum Gasteiger partial charge on any atom is 0.416 e. The van der Waals surface area contributed by atoms with Crippen LogP contribution in [0.2, 0.25) is 0 Å². The first kappa shape index (κ1) is 27.7. The van der Waals surface area contributed by atoms with Crippen molar-refractivity contribution in [1.29, 1.82) is 0 Å². The lowest BCUT2D eigenvalue weighted by molar-refractivity contribution is -0.137. The first-order valence-corrected chi connectivity index (χ1v) is 13.2. The van der Waals surface area contributed by atoms with Gasteiger partial charge in [-0.15, -0.1) is 10.2 Å². The highest BCUT2D eigenvalue weighted by Gasteiger charge is 2.31. The number of hydrogen-bond acceptors (Lipinski definition) is 7. The lowest BCUT2D eigenvalue weighted by atomic mass is 10.0. The number of alkyl halides is 3. The Kier molecular flexibility index (Phi) is 7.92. The fraction of sp³-hybridized carbons (Fsp3) is 0.103. The predicted molar refractivity (Wildman–Crippen MR) is 150 cm³/mol. The molecule has 12 heteroatoms. The molecule has 0 bridgehead atoms. The molecule has 5 rings (SSSR count). The van der Waals surface area contributed by atoms with E-state index >= 15 is 0 Å². The van der Waals surface area contributed by atoms with E-state index in [-0.39, 0.29) is 22.3 Å². The van der Waals surface area contributed by atoms with Gasteiger partial charge in [0.05, 0.1) is 30.3 Å². The lowest BCUT2D eigenvalue weighted by Crippen LogP contribution is -2.20. The average Bonchev–Trinajstić information content (AvgIpc) is 3.41. The summed E-state index contributed by atoms with van der Waals surface area (Å²) >= 11 is 0.987. The van der Waals surface area contributed by atoms with Gasteiger partial charge in [0.1, 0.15) is 11.5 Å². The maximum absolute atomic E-state index is 13.5. The molecule has 0 saturated carbocycles. The Morgan fingerprint density at radius 2 is 1.83 bits per heavy atom. The molecule has 0 aliphatic heterocycles. The van der Waals surface area contributed by atoms with Crippen LogP contribution in [0.1, 0.15) is 11.1 Å². The third-order valence-corrected chi connectivity index (χ3v) is 7.01. The Morgan fingerprint density at radius 1 is 1.05 bits per heavy atom. The van der Waals surface area contributed by atoms with E-state index < -0.39 is 17.6 Å². The highest BCUT2D eigenvalue weighted by atomic mass is 32.2. The molecule has 8 nitrogen and oxygen atoms in total. The molecule has 0 unspecified atom stereocenters. The number of phenols is 1. The van der Waals surface area contributed by atoms with Crippen LogP contribution in [0.5, 0.6) is 11.5 Å². The largest absolute Gasteiger partial charge is 0.507 e. The fourth-order valence-electron chi connectivity index (χ4n) is 4.10. The van der Waals surface area contributed by atoms with Gasteiger partial charge in [-0.25, -0.2) is 5.43 Å². The normalized spacial score (nSPS) is 11.7. The summed E-state index contributed by atoms with van der Waals surface area (Å²) in [6, 6.07) is 22.4. The molecule has 0 spiro atoms. The number of rotatable bonds is 8. The number of phenolic OH excluding ortho intramolecular Hbond substituents is 1. The number of nitrogens with zero attached hydrogens (tertiary/aromatic N) is 4. The molecule has 1 aromatic heterocycles. The van der Waals surface area contributed by atoms with Crippen molar-refractivity contribution in [3.8, 4) is 28.6 Å². The lowest BCUT2D eigenvalue weighted by Gasteiger charge is -2.13. The van der Waals surface area contributed by atoms with Crippen LogP contribution in [0.4, 0.5) is 13.2 Å². The van der Waals surface area contributed by atoms with Gasteiger partial charge in [0, 0.05) is 11.1 Å². The third-order valence-electron chi connectivity index (χ3n) is 6.08. The summed E-state index contributed by atoms with van der Waals surface area (Å²) in [6.45, 7) is 0. The number of hydrazone groups is 1. The minimum absolute atomic E-state index is 0.0105. The van der Waals surface area contributed by atoms with Crippen LogP contribution in [0, 0.1) is 0 Å². The Labute approximate surface area is 236 Å². The molecule has 0 saturated heterocycles. The SMILES string of the molecule is COc1ccc(-c2nnc(SCC(=O)NN=Cc3c(O)ccc4ccccc34)n2-c2cccc(C(F)(F)F)c2)cc1. The minimum atomic E-state index is -4.55. The first-order chi connectivity index (χ1) is 19.7. The summed E-state index contributed by atoms with van der Waals surface area (Å²) in [4.78, 5) is 12.6. The molecule has 0 aliphatic carbocycles. The van der Waals surface area contributed by atoms with Gasteiger partial charge < -0.3 is 9.84 Å². The van der Waals surface area contributed by atoms with Gasteiger partial charge in [0.25, 0.3) is 5.91 Å². The van der Waals surface area contributed by atoms with Crippen LogP contribution < -0.4 is 10.2 Å². The standard InChI is InChI=1S/C29H22F3N5O3S/c1-40-22-12-9-19(10-13-22)27-35-36-28(37(27)21-7-4-6-20(15-21)29(30,31)32)41-17-26(39)34-33-16-24-23-8-3-2-5-18(23)11-14-25(24)38/h2-16,38H,17H2,1H3,(H,34,39). The molecule has 1 amide bonds. The number of aromatic nitrogens is 3. The van der Waals surface area contributed by atoms with E-state index in [4.69, 9.17) is 4.74 Å². The van der Waals surface area contributed by atoms with Crippen LogP contribution >= 0.6 is 11.8 Å². The molecule has 0 atom stereocenters. The van der Waals surface area contributed by atoms with E-state index in [1.54, 1.807) is 36.4 Å². The summed E-state index contributed by atoms with van der Waals surface area (Å²) in [5.74, 6) is 0.257. The number of nitrogens with one attached hydrogen (secondary N) is 1. The van der Waals surface area contributed by atoms with E-state index in [2.05, 4.69) is 20.7 Å². The number of benzene rings is 4. The number of carbonyl (C=O) groups is 1. The zero-order valence-electron chi connectivity index (χ0n) is 21.5. The van der Waals surface area contributed by atoms with E-state index in [0.717, 1.165) is 34.7 Å². The Bertz CT molecular complexity index is 1740. The van der Waals surface area contributed by atoms with Crippen molar-refractivity contribution in [3.05, 3.63) is 96.1 Å². The van der Waals surface area contributed by atoms with Crippen LogP contribution in [-0.2, 0) is 11.0 Å². The molecular weight excluding hydrogens is 555 g/mol. The molecule has 2 N–H and O–H groups in total. The average molecular weight is 578 g/mol. The number of fused-ring (bicyclic) bond motifs is 1. The van der Waals surface area contributed by atoms with Crippen molar-refractivity contribution in [2.75, 3.05) is 12.9 Å². The second-order valence-electron chi connectivity index (χ2n) is 8.72. The van der Waals surface area contributed by atoms with Crippen LogP contribution in [-0.4, -0.2) is 44.9 Å². The summed E-state index contributed by atoms with van der Waals surface area (Å²) < 4.78 is 47.1. The molecular formula is C29H22F3N5O3S. The Hall–Kier alpha value is -4.84. The number of carbonyl (C=O) groups excluding carboxylic acids is 1. The van der Waals surface area contributed by atoms with E-state index in [1.807, 2.05) is 24.3 Å². The zero-order chi connectivity index (χ0) is 29.0.